The average Bonchev–Trinajstić information content (AvgIpc) is 2.33. The Balaban J connectivity index is 2.71. The molecule has 4 nitrogen and oxygen atoms in total. The van der Waals surface area contributed by atoms with Crippen molar-refractivity contribution < 1.29 is 4.74 Å². The molecule has 0 aliphatic heterocycles. The SMILES string of the molecule is CCCC(OC)c1nccc(CNCC)n1. The Kier molecular flexibility index (Phi) is 5.96. The summed E-state index contributed by atoms with van der Waals surface area (Å²) in [5, 5.41) is 3.25. The molecule has 1 heterocycles. The monoisotopic (exact) mass is 223 g/mol. The van der Waals surface area contributed by atoms with Crippen molar-refractivity contribution in [1.82, 2.24) is 15.3 Å². The lowest BCUT2D eigenvalue weighted by atomic mass is 10.2. The van der Waals surface area contributed by atoms with E-state index in [1.54, 1.807) is 13.3 Å². The number of hydrogen-bond donors (Lipinski definition) is 1. The number of nitrogens with one attached hydrogen (secondary N) is 1. The lowest BCUT2D eigenvalue weighted by Crippen LogP contribution is -2.15. The molecular formula is C12H21N3O. The van der Waals surface area contributed by atoms with Crippen LogP contribution in [0.3, 0.4) is 0 Å². The van der Waals surface area contributed by atoms with Crippen LogP contribution in [0.1, 0.15) is 44.3 Å². The van der Waals surface area contributed by atoms with E-state index in [0.717, 1.165) is 37.4 Å². The molecule has 4 heteroatoms. The Labute approximate surface area is 97.5 Å². The largest absolute Gasteiger partial charge is 0.373 e. The Bertz CT molecular complexity index is 304. The maximum absolute atomic E-state index is 5.39. The fourth-order valence-electron chi connectivity index (χ4n) is 1.53. The van der Waals surface area contributed by atoms with Crippen molar-refractivity contribution in [3.05, 3.63) is 23.8 Å². The van der Waals surface area contributed by atoms with Crippen molar-refractivity contribution in [1.29, 1.82) is 0 Å². The summed E-state index contributed by atoms with van der Waals surface area (Å²) in [5.41, 5.74) is 1.02. The molecule has 1 rings (SSSR count). The molecule has 0 aliphatic carbocycles. The highest BCUT2D eigenvalue weighted by Gasteiger charge is 2.12. The summed E-state index contributed by atoms with van der Waals surface area (Å²) >= 11 is 0. The molecule has 0 aromatic carbocycles. The van der Waals surface area contributed by atoms with Gasteiger partial charge < -0.3 is 10.1 Å². The van der Waals surface area contributed by atoms with Gasteiger partial charge in [0.2, 0.25) is 0 Å². The van der Waals surface area contributed by atoms with Crippen LogP contribution in [0.5, 0.6) is 0 Å². The van der Waals surface area contributed by atoms with Crippen molar-refractivity contribution in [2.45, 2.75) is 39.3 Å². The van der Waals surface area contributed by atoms with Gasteiger partial charge in [-0.2, -0.15) is 0 Å². The Morgan fingerprint density at radius 1 is 1.44 bits per heavy atom. The van der Waals surface area contributed by atoms with Gasteiger partial charge in [0.05, 0.1) is 5.69 Å². The van der Waals surface area contributed by atoms with Crippen LogP contribution in [0.25, 0.3) is 0 Å². The number of aromatic nitrogens is 2. The molecule has 1 aromatic heterocycles. The van der Waals surface area contributed by atoms with Crippen molar-refractivity contribution in [2.75, 3.05) is 13.7 Å². The van der Waals surface area contributed by atoms with E-state index in [0.29, 0.717) is 0 Å². The van der Waals surface area contributed by atoms with Gasteiger partial charge in [-0.3, -0.25) is 0 Å². The standard InChI is InChI=1S/C12H21N3O/c1-4-6-11(16-3)12-14-8-7-10(15-12)9-13-5-2/h7-8,11,13H,4-6,9H2,1-3H3. The zero-order chi connectivity index (χ0) is 11.8. The fraction of sp³-hybridized carbons (Fsp3) is 0.667. The Morgan fingerprint density at radius 3 is 2.88 bits per heavy atom. The molecule has 0 radical (unpaired) electrons. The third-order valence-electron chi connectivity index (χ3n) is 2.41. The van der Waals surface area contributed by atoms with E-state index in [4.69, 9.17) is 4.74 Å². The minimum absolute atomic E-state index is 0.0200. The molecule has 1 atom stereocenters. The molecule has 0 saturated carbocycles. The van der Waals surface area contributed by atoms with Gasteiger partial charge in [0.25, 0.3) is 0 Å². The molecule has 0 fully saturated rings. The van der Waals surface area contributed by atoms with Gasteiger partial charge in [-0.1, -0.05) is 20.3 Å². The summed E-state index contributed by atoms with van der Waals surface area (Å²) in [4.78, 5) is 8.77. The third-order valence-corrected chi connectivity index (χ3v) is 2.41. The van der Waals surface area contributed by atoms with Crippen LogP contribution in [0, 0.1) is 0 Å². The molecule has 1 aromatic rings. The number of ether oxygens (including phenoxy) is 1. The second-order valence-electron chi connectivity index (χ2n) is 3.70. The van der Waals surface area contributed by atoms with Crippen molar-refractivity contribution in [2.24, 2.45) is 0 Å². The quantitative estimate of drug-likeness (QED) is 0.768. The van der Waals surface area contributed by atoms with E-state index in [1.165, 1.54) is 0 Å². The number of nitrogens with zero attached hydrogens (tertiary/aromatic N) is 2. The average molecular weight is 223 g/mol. The molecule has 0 bridgehead atoms. The maximum atomic E-state index is 5.39. The van der Waals surface area contributed by atoms with E-state index in [2.05, 4.69) is 29.1 Å². The molecule has 0 aliphatic rings. The van der Waals surface area contributed by atoms with E-state index in [-0.39, 0.29) is 6.10 Å². The summed E-state index contributed by atoms with van der Waals surface area (Å²) < 4.78 is 5.39. The van der Waals surface area contributed by atoms with Gasteiger partial charge in [0, 0.05) is 19.9 Å². The van der Waals surface area contributed by atoms with Crippen LogP contribution in [0.15, 0.2) is 12.3 Å². The molecule has 1 N–H and O–H groups in total. The molecule has 0 saturated heterocycles. The number of hydrogen-bond acceptors (Lipinski definition) is 4. The van der Waals surface area contributed by atoms with Crippen LogP contribution in [-0.2, 0) is 11.3 Å². The lowest BCUT2D eigenvalue weighted by molar-refractivity contribution is 0.0874. The normalized spacial score (nSPS) is 12.7. The topological polar surface area (TPSA) is 47.0 Å². The smallest absolute Gasteiger partial charge is 0.157 e. The zero-order valence-electron chi connectivity index (χ0n) is 10.4. The predicted octanol–water partition coefficient (Wildman–Crippen LogP) is 2.07. The van der Waals surface area contributed by atoms with E-state index in [9.17, 15) is 0 Å². The van der Waals surface area contributed by atoms with Crippen molar-refractivity contribution in [3.8, 4) is 0 Å². The second-order valence-corrected chi connectivity index (χ2v) is 3.70. The highest BCUT2D eigenvalue weighted by molar-refractivity contribution is 5.04. The lowest BCUT2D eigenvalue weighted by Gasteiger charge is -2.13. The fourth-order valence-corrected chi connectivity index (χ4v) is 1.53. The van der Waals surface area contributed by atoms with Gasteiger partial charge >= 0.3 is 0 Å². The molecular weight excluding hydrogens is 202 g/mol. The molecule has 0 amide bonds. The molecule has 16 heavy (non-hydrogen) atoms. The first-order valence-electron chi connectivity index (χ1n) is 5.87. The third kappa shape index (κ3) is 3.87. The van der Waals surface area contributed by atoms with Crippen LogP contribution >= 0.6 is 0 Å². The van der Waals surface area contributed by atoms with Gasteiger partial charge in [0.1, 0.15) is 6.10 Å². The predicted molar refractivity (Wildman–Crippen MR) is 64.1 cm³/mol. The van der Waals surface area contributed by atoms with Gasteiger partial charge in [-0.25, -0.2) is 9.97 Å². The summed E-state index contributed by atoms with van der Waals surface area (Å²) in [6.45, 7) is 5.95. The highest BCUT2D eigenvalue weighted by atomic mass is 16.5. The van der Waals surface area contributed by atoms with Crippen molar-refractivity contribution >= 4 is 0 Å². The Morgan fingerprint density at radius 2 is 2.25 bits per heavy atom. The second kappa shape index (κ2) is 7.30. The number of rotatable bonds is 7. The first-order chi connectivity index (χ1) is 7.81. The van der Waals surface area contributed by atoms with E-state index < -0.39 is 0 Å². The van der Waals surface area contributed by atoms with E-state index in [1.807, 2.05) is 6.07 Å². The summed E-state index contributed by atoms with van der Waals surface area (Å²) in [7, 11) is 1.71. The zero-order valence-corrected chi connectivity index (χ0v) is 10.4. The Hall–Kier alpha value is -1.00. The molecule has 1 unspecified atom stereocenters. The van der Waals surface area contributed by atoms with Crippen molar-refractivity contribution in [3.63, 3.8) is 0 Å². The van der Waals surface area contributed by atoms with Gasteiger partial charge in [-0.05, 0) is 19.0 Å². The van der Waals surface area contributed by atoms with Gasteiger partial charge in [-0.15, -0.1) is 0 Å². The molecule has 0 spiro atoms. The first kappa shape index (κ1) is 13.1. The summed E-state index contributed by atoms with van der Waals surface area (Å²) in [6, 6.07) is 1.94. The maximum Gasteiger partial charge on any atom is 0.157 e. The number of methoxy groups -OCH3 is 1. The highest BCUT2D eigenvalue weighted by Crippen LogP contribution is 2.17. The summed E-state index contributed by atoms with van der Waals surface area (Å²) in [6.07, 6.45) is 3.85. The first-order valence-corrected chi connectivity index (χ1v) is 5.87. The summed E-state index contributed by atoms with van der Waals surface area (Å²) in [5.74, 6) is 0.791. The van der Waals surface area contributed by atoms with Crippen LogP contribution in [0.4, 0.5) is 0 Å². The van der Waals surface area contributed by atoms with Crippen LogP contribution in [0.2, 0.25) is 0 Å². The molecule has 90 valence electrons. The van der Waals surface area contributed by atoms with E-state index >= 15 is 0 Å². The minimum Gasteiger partial charge on any atom is -0.373 e. The minimum atomic E-state index is 0.0200. The van der Waals surface area contributed by atoms with Crippen LogP contribution in [-0.4, -0.2) is 23.6 Å². The van der Waals surface area contributed by atoms with Crippen LogP contribution < -0.4 is 5.32 Å². The van der Waals surface area contributed by atoms with Gasteiger partial charge in [0.15, 0.2) is 5.82 Å².